The van der Waals surface area contributed by atoms with Gasteiger partial charge in [0, 0.05) is 24.2 Å². The highest BCUT2D eigenvalue weighted by Gasteiger charge is 2.36. The number of hydrogen-bond donors (Lipinski definition) is 2. The lowest BCUT2D eigenvalue weighted by atomic mass is 10.1. The molecule has 1 fully saturated rings. The maximum atomic E-state index is 12.0. The Labute approximate surface area is 137 Å². The van der Waals surface area contributed by atoms with Gasteiger partial charge in [-0.05, 0) is 38.5 Å². The lowest BCUT2D eigenvalue weighted by molar-refractivity contribution is -0.131. The van der Waals surface area contributed by atoms with Gasteiger partial charge in [-0.3, -0.25) is 9.59 Å². The predicted molar refractivity (Wildman–Crippen MR) is 89.8 cm³/mol. The SMILES string of the molecule is CC(C)(C)N1CC(NC(=O)Cc2ccc(N)cc2)CC1=O.Cl. The van der Waals surface area contributed by atoms with E-state index in [-0.39, 0.29) is 35.8 Å². The quantitative estimate of drug-likeness (QED) is 0.831. The van der Waals surface area contributed by atoms with Crippen molar-refractivity contribution in [3.8, 4) is 0 Å². The van der Waals surface area contributed by atoms with Crippen LogP contribution in [0.1, 0.15) is 32.8 Å². The summed E-state index contributed by atoms with van der Waals surface area (Å²) in [5.74, 6) is 0.0358. The second-order valence-corrected chi connectivity index (χ2v) is 6.56. The molecule has 5 nitrogen and oxygen atoms in total. The summed E-state index contributed by atoms with van der Waals surface area (Å²) in [5, 5.41) is 2.94. The number of benzene rings is 1. The van der Waals surface area contributed by atoms with Crippen LogP contribution in [0.15, 0.2) is 24.3 Å². The molecule has 2 amide bonds. The number of rotatable bonds is 3. The van der Waals surface area contributed by atoms with E-state index in [9.17, 15) is 9.59 Å². The first-order valence-corrected chi connectivity index (χ1v) is 7.20. The Morgan fingerprint density at radius 1 is 1.32 bits per heavy atom. The first kappa shape index (κ1) is 18.3. The summed E-state index contributed by atoms with van der Waals surface area (Å²) in [6, 6.07) is 7.15. The van der Waals surface area contributed by atoms with E-state index in [1.807, 2.05) is 37.8 Å². The number of anilines is 1. The normalized spacial score (nSPS) is 18.0. The molecule has 0 aromatic heterocycles. The molecule has 0 radical (unpaired) electrons. The predicted octanol–water partition coefficient (Wildman–Crippen LogP) is 1.75. The Balaban J connectivity index is 0.00000242. The molecule has 0 spiro atoms. The molecular weight excluding hydrogens is 302 g/mol. The Morgan fingerprint density at radius 3 is 2.41 bits per heavy atom. The third-order valence-corrected chi connectivity index (χ3v) is 3.64. The molecule has 1 aliphatic heterocycles. The summed E-state index contributed by atoms with van der Waals surface area (Å²) in [7, 11) is 0. The van der Waals surface area contributed by atoms with Crippen molar-refractivity contribution >= 4 is 29.9 Å². The van der Waals surface area contributed by atoms with Gasteiger partial charge in [-0.2, -0.15) is 0 Å². The third-order valence-electron chi connectivity index (χ3n) is 3.64. The summed E-state index contributed by atoms with van der Waals surface area (Å²) in [4.78, 5) is 25.8. The van der Waals surface area contributed by atoms with E-state index in [2.05, 4.69) is 5.32 Å². The lowest BCUT2D eigenvalue weighted by Gasteiger charge is -2.32. The van der Waals surface area contributed by atoms with Gasteiger partial charge in [-0.1, -0.05) is 12.1 Å². The molecule has 1 unspecified atom stereocenters. The first-order chi connectivity index (χ1) is 9.75. The third kappa shape index (κ3) is 4.63. The molecule has 3 N–H and O–H groups in total. The molecule has 1 aliphatic rings. The van der Waals surface area contributed by atoms with Gasteiger partial charge in [-0.25, -0.2) is 0 Å². The highest BCUT2D eigenvalue weighted by atomic mass is 35.5. The number of nitrogen functional groups attached to an aromatic ring is 1. The van der Waals surface area contributed by atoms with Crippen LogP contribution in [0.2, 0.25) is 0 Å². The molecule has 2 rings (SSSR count). The molecule has 0 bridgehead atoms. The fourth-order valence-corrected chi connectivity index (χ4v) is 2.55. The summed E-state index contributed by atoms with van der Waals surface area (Å²) < 4.78 is 0. The molecule has 1 atom stereocenters. The van der Waals surface area contributed by atoms with Crippen molar-refractivity contribution in [1.29, 1.82) is 0 Å². The number of likely N-dealkylation sites (tertiary alicyclic amines) is 1. The Kier molecular flexibility index (Phi) is 5.83. The number of amides is 2. The van der Waals surface area contributed by atoms with Crippen LogP contribution in [0, 0.1) is 0 Å². The molecule has 1 heterocycles. The van der Waals surface area contributed by atoms with Crippen molar-refractivity contribution in [3.05, 3.63) is 29.8 Å². The van der Waals surface area contributed by atoms with E-state index in [0.29, 0.717) is 25.1 Å². The zero-order valence-corrected chi connectivity index (χ0v) is 14.1. The highest BCUT2D eigenvalue weighted by molar-refractivity contribution is 5.85. The topological polar surface area (TPSA) is 75.4 Å². The van der Waals surface area contributed by atoms with E-state index in [0.717, 1.165) is 5.56 Å². The van der Waals surface area contributed by atoms with Gasteiger partial charge >= 0.3 is 0 Å². The van der Waals surface area contributed by atoms with Gasteiger partial charge in [-0.15, -0.1) is 12.4 Å². The van der Waals surface area contributed by atoms with Crippen LogP contribution < -0.4 is 11.1 Å². The molecule has 1 saturated heterocycles. The van der Waals surface area contributed by atoms with Crippen LogP contribution >= 0.6 is 12.4 Å². The fourth-order valence-electron chi connectivity index (χ4n) is 2.55. The average Bonchev–Trinajstić information content (AvgIpc) is 2.73. The molecule has 22 heavy (non-hydrogen) atoms. The van der Waals surface area contributed by atoms with Crippen LogP contribution in [0.25, 0.3) is 0 Å². The van der Waals surface area contributed by atoms with Gasteiger partial charge in [0.2, 0.25) is 11.8 Å². The highest BCUT2D eigenvalue weighted by Crippen LogP contribution is 2.21. The van der Waals surface area contributed by atoms with Crippen molar-refractivity contribution < 1.29 is 9.59 Å². The molecule has 0 saturated carbocycles. The van der Waals surface area contributed by atoms with E-state index in [4.69, 9.17) is 5.73 Å². The first-order valence-electron chi connectivity index (χ1n) is 7.20. The maximum absolute atomic E-state index is 12.0. The van der Waals surface area contributed by atoms with Gasteiger partial charge in [0.25, 0.3) is 0 Å². The number of nitrogens with zero attached hydrogens (tertiary/aromatic N) is 1. The van der Waals surface area contributed by atoms with Gasteiger partial charge in [0.15, 0.2) is 0 Å². The summed E-state index contributed by atoms with van der Waals surface area (Å²) in [6.45, 7) is 6.59. The van der Waals surface area contributed by atoms with Crippen LogP contribution in [0.4, 0.5) is 5.69 Å². The van der Waals surface area contributed by atoms with Crippen molar-refractivity contribution in [2.24, 2.45) is 0 Å². The second-order valence-electron chi connectivity index (χ2n) is 6.56. The van der Waals surface area contributed by atoms with Crippen molar-refractivity contribution in [2.45, 2.75) is 45.2 Å². The van der Waals surface area contributed by atoms with E-state index in [1.54, 1.807) is 12.1 Å². The second kappa shape index (κ2) is 7.01. The number of hydrogen-bond acceptors (Lipinski definition) is 3. The molecular formula is C16H24ClN3O2. The summed E-state index contributed by atoms with van der Waals surface area (Å²) in [6.07, 6.45) is 0.686. The largest absolute Gasteiger partial charge is 0.399 e. The minimum atomic E-state index is -0.201. The van der Waals surface area contributed by atoms with E-state index < -0.39 is 0 Å². The summed E-state index contributed by atoms with van der Waals surface area (Å²) >= 11 is 0. The maximum Gasteiger partial charge on any atom is 0.225 e. The van der Waals surface area contributed by atoms with Crippen LogP contribution in [0.3, 0.4) is 0 Å². The van der Waals surface area contributed by atoms with Crippen LogP contribution in [-0.2, 0) is 16.0 Å². The molecule has 122 valence electrons. The number of nitrogens with one attached hydrogen (secondary N) is 1. The Hall–Kier alpha value is -1.75. The molecule has 1 aromatic carbocycles. The number of halogens is 1. The number of carbonyl (C=O) groups excluding carboxylic acids is 2. The lowest BCUT2D eigenvalue weighted by Crippen LogP contribution is -2.44. The van der Waals surface area contributed by atoms with Crippen molar-refractivity contribution in [2.75, 3.05) is 12.3 Å². The van der Waals surface area contributed by atoms with Crippen molar-refractivity contribution in [1.82, 2.24) is 10.2 Å². The molecule has 0 aliphatic carbocycles. The van der Waals surface area contributed by atoms with E-state index in [1.165, 1.54) is 0 Å². The zero-order valence-electron chi connectivity index (χ0n) is 13.3. The molecule has 1 aromatic rings. The van der Waals surface area contributed by atoms with Crippen LogP contribution in [-0.4, -0.2) is 34.8 Å². The fraction of sp³-hybridized carbons (Fsp3) is 0.500. The van der Waals surface area contributed by atoms with Gasteiger partial charge in [0.1, 0.15) is 0 Å². The molecule has 6 heteroatoms. The smallest absolute Gasteiger partial charge is 0.225 e. The van der Waals surface area contributed by atoms with E-state index >= 15 is 0 Å². The number of carbonyl (C=O) groups is 2. The monoisotopic (exact) mass is 325 g/mol. The van der Waals surface area contributed by atoms with Crippen molar-refractivity contribution in [3.63, 3.8) is 0 Å². The minimum Gasteiger partial charge on any atom is -0.399 e. The van der Waals surface area contributed by atoms with Gasteiger partial charge in [0.05, 0.1) is 12.5 Å². The zero-order chi connectivity index (χ0) is 15.6. The standard InChI is InChI=1S/C16H23N3O2.ClH/c1-16(2,3)19-10-13(9-15(19)21)18-14(20)8-11-4-6-12(17)7-5-11;/h4-7,13H,8-10,17H2,1-3H3,(H,18,20);1H. The Morgan fingerprint density at radius 2 is 1.91 bits per heavy atom. The number of nitrogens with two attached hydrogens (primary N) is 1. The van der Waals surface area contributed by atoms with Gasteiger partial charge < -0.3 is 16.0 Å². The minimum absolute atomic E-state index is 0. The summed E-state index contributed by atoms with van der Waals surface area (Å²) in [5.41, 5.74) is 7.01. The Bertz CT molecular complexity index is 537. The van der Waals surface area contributed by atoms with Crippen LogP contribution in [0.5, 0.6) is 0 Å². The average molecular weight is 326 g/mol.